The first kappa shape index (κ1) is 13.6. The van der Waals surface area contributed by atoms with Crippen LogP contribution in [0.4, 0.5) is 20.2 Å². The van der Waals surface area contributed by atoms with Crippen molar-refractivity contribution in [1.29, 1.82) is 0 Å². The van der Waals surface area contributed by atoms with Crippen molar-refractivity contribution in [3.05, 3.63) is 69.8 Å². The summed E-state index contributed by atoms with van der Waals surface area (Å²) in [7, 11) is 0. The standard InChI is InChI=1S/C13H8F2N2O3/c14-8-6-10(12(15)11(7-8)17(19)20)13(18)16-9-4-2-1-3-5-9/h1-7H,(H,16,18). The molecule has 0 saturated heterocycles. The molecule has 0 unspecified atom stereocenters. The quantitative estimate of drug-likeness (QED) is 0.692. The lowest BCUT2D eigenvalue weighted by Crippen LogP contribution is -2.15. The average Bonchev–Trinajstić information content (AvgIpc) is 2.41. The summed E-state index contributed by atoms with van der Waals surface area (Å²) in [4.78, 5) is 21.3. The number of nitro groups is 1. The molecule has 0 fully saturated rings. The predicted molar refractivity (Wildman–Crippen MR) is 67.4 cm³/mol. The summed E-state index contributed by atoms with van der Waals surface area (Å²) in [6.45, 7) is 0. The van der Waals surface area contributed by atoms with E-state index in [4.69, 9.17) is 0 Å². The van der Waals surface area contributed by atoms with Crippen molar-refractivity contribution in [3.8, 4) is 0 Å². The minimum atomic E-state index is -1.37. The number of rotatable bonds is 3. The maximum absolute atomic E-state index is 13.8. The molecule has 7 heteroatoms. The molecule has 0 aliphatic carbocycles. The summed E-state index contributed by atoms with van der Waals surface area (Å²) >= 11 is 0. The number of nitrogens with zero attached hydrogens (tertiary/aromatic N) is 1. The van der Waals surface area contributed by atoms with Crippen LogP contribution in [0.2, 0.25) is 0 Å². The van der Waals surface area contributed by atoms with Gasteiger partial charge in [0.2, 0.25) is 5.82 Å². The van der Waals surface area contributed by atoms with Crippen molar-refractivity contribution in [2.45, 2.75) is 0 Å². The number of hydrogen-bond donors (Lipinski definition) is 1. The lowest BCUT2D eigenvalue weighted by molar-refractivity contribution is -0.387. The Morgan fingerprint density at radius 3 is 2.40 bits per heavy atom. The minimum absolute atomic E-state index is 0.365. The molecule has 0 heterocycles. The van der Waals surface area contributed by atoms with Crippen LogP contribution in [0.5, 0.6) is 0 Å². The van der Waals surface area contributed by atoms with Gasteiger partial charge >= 0.3 is 5.69 Å². The van der Waals surface area contributed by atoms with Gasteiger partial charge in [-0.2, -0.15) is 4.39 Å². The monoisotopic (exact) mass is 278 g/mol. The zero-order valence-corrected chi connectivity index (χ0v) is 9.97. The summed E-state index contributed by atoms with van der Waals surface area (Å²) in [6.07, 6.45) is 0. The molecular formula is C13H8F2N2O3. The zero-order chi connectivity index (χ0) is 14.7. The first-order valence-corrected chi connectivity index (χ1v) is 5.49. The van der Waals surface area contributed by atoms with E-state index < -0.39 is 33.7 Å². The molecule has 0 saturated carbocycles. The lowest BCUT2D eigenvalue weighted by Gasteiger charge is -2.06. The first-order chi connectivity index (χ1) is 9.49. The topological polar surface area (TPSA) is 72.2 Å². The number of para-hydroxylation sites is 1. The van der Waals surface area contributed by atoms with Gasteiger partial charge in [-0.05, 0) is 18.2 Å². The summed E-state index contributed by atoms with van der Waals surface area (Å²) in [5, 5.41) is 12.9. The third kappa shape index (κ3) is 2.77. The number of hydrogen-bond acceptors (Lipinski definition) is 3. The van der Waals surface area contributed by atoms with Gasteiger partial charge in [0.15, 0.2) is 0 Å². The first-order valence-electron chi connectivity index (χ1n) is 5.49. The van der Waals surface area contributed by atoms with Gasteiger partial charge in [0.1, 0.15) is 5.82 Å². The molecule has 1 N–H and O–H groups in total. The maximum atomic E-state index is 13.8. The highest BCUT2D eigenvalue weighted by Gasteiger charge is 2.24. The Balaban J connectivity index is 2.37. The molecule has 5 nitrogen and oxygen atoms in total. The van der Waals surface area contributed by atoms with Crippen molar-refractivity contribution in [2.24, 2.45) is 0 Å². The highest BCUT2D eigenvalue weighted by Crippen LogP contribution is 2.23. The van der Waals surface area contributed by atoms with Crippen molar-refractivity contribution in [2.75, 3.05) is 5.32 Å². The third-order valence-electron chi connectivity index (χ3n) is 2.49. The molecule has 102 valence electrons. The Bertz CT molecular complexity index is 675. The fraction of sp³-hybridized carbons (Fsp3) is 0. The molecule has 2 aromatic carbocycles. The second kappa shape index (κ2) is 5.43. The number of amides is 1. The molecule has 2 aromatic rings. The van der Waals surface area contributed by atoms with Crippen LogP contribution in [0.15, 0.2) is 42.5 Å². The predicted octanol–water partition coefficient (Wildman–Crippen LogP) is 3.13. The van der Waals surface area contributed by atoms with Crippen LogP contribution in [0, 0.1) is 21.7 Å². The Morgan fingerprint density at radius 1 is 1.15 bits per heavy atom. The molecule has 0 atom stereocenters. The number of benzene rings is 2. The van der Waals surface area contributed by atoms with E-state index in [0.29, 0.717) is 17.8 Å². The fourth-order valence-electron chi connectivity index (χ4n) is 1.59. The van der Waals surface area contributed by atoms with Gasteiger partial charge < -0.3 is 5.32 Å². The van der Waals surface area contributed by atoms with Gasteiger partial charge in [0.25, 0.3) is 5.91 Å². The van der Waals surface area contributed by atoms with Crippen LogP contribution in [0.3, 0.4) is 0 Å². The number of nitro benzene ring substituents is 1. The summed E-state index contributed by atoms with van der Waals surface area (Å²) in [6, 6.07) is 9.12. The van der Waals surface area contributed by atoms with E-state index >= 15 is 0 Å². The van der Waals surface area contributed by atoms with Crippen LogP contribution in [0.1, 0.15) is 10.4 Å². The molecule has 2 rings (SSSR count). The summed E-state index contributed by atoms with van der Waals surface area (Å²) in [5.41, 5.74) is -1.44. The van der Waals surface area contributed by atoms with E-state index in [1.165, 1.54) is 0 Å². The number of halogens is 2. The lowest BCUT2D eigenvalue weighted by atomic mass is 10.1. The molecule has 0 radical (unpaired) electrons. The van der Waals surface area contributed by atoms with Crippen molar-refractivity contribution in [1.82, 2.24) is 0 Å². The Kier molecular flexibility index (Phi) is 3.69. The fourth-order valence-corrected chi connectivity index (χ4v) is 1.59. The van der Waals surface area contributed by atoms with E-state index in [1.54, 1.807) is 30.3 Å². The molecule has 0 aromatic heterocycles. The maximum Gasteiger partial charge on any atom is 0.308 e. The number of anilines is 1. The van der Waals surface area contributed by atoms with Gasteiger partial charge in [0, 0.05) is 5.69 Å². The minimum Gasteiger partial charge on any atom is -0.322 e. The normalized spacial score (nSPS) is 10.1. The molecule has 0 bridgehead atoms. The van der Waals surface area contributed by atoms with E-state index in [-0.39, 0.29) is 0 Å². The average molecular weight is 278 g/mol. The van der Waals surface area contributed by atoms with Crippen LogP contribution in [-0.4, -0.2) is 10.8 Å². The van der Waals surface area contributed by atoms with Crippen LogP contribution >= 0.6 is 0 Å². The highest BCUT2D eigenvalue weighted by molar-refractivity contribution is 6.04. The molecule has 1 amide bonds. The number of nitrogens with one attached hydrogen (secondary N) is 1. The second-order valence-electron chi connectivity index (χ2n) is 3.86. The van der Waals surface area contributed by atoms with Gasteiger partial charge in [-0.25, -0.2) is 4.39 Å². The van der Waals surface area contributed by atoms with Crippen LogP contribution in [0.25, 0.3) is 0 Å². The van der Waals surface area contributed by atoms with E-state index in [0.717, 1.165) is 0 Å². The van der Waals surface area contributed by atoms with Gasteiger partial charge in [0.05, 0.1) is 16.6 Å². The van der Waals surface area contributed by atoms with Crippen LogP contribution in [-0.2, 0) is 0 Å². The third-order valence-corrected chi connectivity index (χ3v) is 2.49. The Labute approximate surface area is 112 Å². The summed E-state index contributed by atoms with van der Waals surface area (Å²) in [5.74, 6) is -3.39. The van der Waals surface area contributed by atoms with Crippen molar-refractivity contribution >= 4 is 17.3 Å². The highest BCUT2D eigenvalue weighted by atomic mass is 19.1. The van der Waals surface area contributed by atoms with Crippen molar-refractivity contribution in [3.63, 3.8) is 0 Å². The molecule has 20 heavy (non-hydrogen) atoms. The van der Waals surface area contributed by atoms with Crippen molar-refractivity contribution < 1.29 is 18.5 Å². The SMILES string of the molecule is O=C(Nc1ccccc1)c1cc(F)cc([N+](=O)[O-])c1F. The summed E-state index contributed by atoms with van der Waals surface area (Å²) < 4.78 is 27.0. The number of carbonyl (C=O) groups is 1. The molecule has 0 spiro atoms. The van der Waals surface area contributed by atoms with E-state index in [2.05, 4.69) is 5.32 Å². The molecular weight excluding hydrogens is 270 g/mol. The van der Waals surface area contributed by atoms with Gasteiger partial charge in [-0.15, -0.1) is 0 Å². The Morgan fingerprint density at radius 2 is 1.80 bits per heavy atom. The van der Waals surface area contributed by atoms with Gasteiger partial charge in [-0.3, -0.25) is 14.9 Å². The molecule has 0 aliphatic heterocycles. The largest absolute Gasteiger partial charge is 0.322 e. The van der Waals surface area contributed by atoms with E-state index in [9.17, 15) is 23.7 Å². The second-order valence-corrected chi connectivity index (χ2v) is 3.86. The number of carbonyl (C=O) groups excluding carboxylic acids is 1. The van der Waals surface area contributed by atoms with Crippen LogP contribution < -0.4 is 5.32 Å². The molecule has 0 aliphatic rings. The zero-order valence-electron chi connectivity index (χ0n) is 9.97. The van der Waals surface area contributed by atoms with E-state index in [1.807, 2.05) is 0 Å². The van der Waals surface area contributed by atoms with Gasteiger partial charge in [-0.1, -0.05) is 18.2 Å². The Hall–Kier alpha value is -2.83. The smallest absolute Gasteiger partial charge is 0.308 e.